The van der Waals surface area contributed by atoms with Crippen molar-refractivity contribution < 1.29 is 9.47 Å². The summed E-state index contributed by atoms with van der Waals surface area (Å²) in [5, 5.41) is 11.9. The van der Waals surface area contributed by atoms with Gasteiger partial charge < -0.3 is 14.8 Å². The van der Waals surface area contributed by atoms with E-state index in [-0.39, 0.29) is 0 Å². The summed E-state index contributed by atoms with van der Waals surface area (Å²) in [6, 6.07) is 5.52. The SMILES string of the molecule is COCCOCCCCNc1cc(C#N)ccn1. The molecule has 0 saturated heterocycles. The van der Waals surface area contributed by atoms with E-state index in [1.807, 2.05) is 0 Å². The number of nitrogens with zero attached hydrogens (tertiary/aromatic N) is 2. The minimum atomic E-state index is 0.621. The summed E-state index contributed by atoms with van der Waals surface area (Å²) in [4.78, 5) is 4.14. The lowest BCUT2D eigenvalue weighted by molar-refractivity contribution is 0.0691. The number of pyridine rings is 1. The highest BCUT2D eigenvalue weighted by atomic mass is 16.5. The van der Waals surface area contributed by atoms with Crippen LogP contribution in [-0.4, -0.2) is 38.5 Å². The van der Waals surface area contributed by atoms with Crippen molar-refractivity contribution >= 4 is 5.82 Å². The fourth-order valence-electron chi connectivity index (χ4n) is 1.39. The van der Waals surface area contributed by atoms with Gasteiger partial charge >= 0.3 is 0 Å². The van der Waals surface area contributed by atoms with Crippen LogP contribution in [0.1, 0.15) is 18.4 Å². The van der Waals surface area contributed by atoms with Crippen LogP contribution >= 0.6 is 0 Å². The Hall–Kier alpha value is -1.64. The predicted octanol–water partition coefficient (Wildman–Crippen LogP) is 1.81. The predicted molar refractivity (Wildman–Crippen MR) is 69.4 cm³/mol. The number of nitriles is 1. The first-order valence-corrected chi connectivity index (χ1v) is 6.03. The van der Waals surface area contributed by atoms with Crippen molar-refractivity contribution in [3.63, 3.8) is 0 Å². The lowest BCUT2D eigenvalue weighted by Crippen LogP contribution is -2.07. The van der Waals surface area contributed by atoms with E-state index < -0.39 is 0 Å². The van der Waals surface area contributed by atoms with Crippen LogP contribution < -0.4 is 5.32 Å². The molecular weight excluding hydrogens is 230 g/mol. The van der Waals surface area contributed by atoms with Gasteiger partial charge in [-0.25, -0.2) is 4.98 Å². The molecular formula is C13H19N3O2. The summed E-state index contributed by atoms with van der Waals surface area (Å²) in [6.45, 7) is 2.87. The molecule has 0 fully saturated rings. The summed E-state index contributed by atoms with van der Waals surface area (Å²) >= 11 is 0. The second-order valence-corrected chi connectivity index (χ2v) is 3.78. The summed E-state index contributed by atoms with van der Waals surface area (Å²) in [7, 11) is 1.66. The second-order valence-electron chi connectivity index (χ2n) is 3.78. The molecule has 5 nitrogen and oxygen atoms in total. The average Bonchev–Trinajstić information content (AvgIpc) is 2.42. The van der Waals surface area contributed by atoms with Gasteiger partial charge in [-0.1, -0.05) is 0 Å². The second kappa shape index (κ2) is 9.40. The van der Waals surface area contributed by atoms with Gasteiger partial charge in [0.25, 0.3) is 0 Å². The third kappa shape index (κ3) is 6.18. The van der Waals surface area contributed by atoms with Crippen molar-refractivity contribution in [1.82, 2.24) is 4.98 Å². The zero-order valence-corrected chi connectivity index (χ0v) is 10.7. The van der Waals surface area contributed by atoms with Gasteiger partial charge in [0, 0.05) is 26.5 Å². The molecule has 0 aliphatic carbocycles. The third-order valence-electron chi connectivity index (χ3n) is 2.34. The molecule has 18 heavy (non-hydrogen) atoms. The summed E-state index contributed by atoms with van der Waals surface area (Å²) in [5.74, 6) is 0.745. The fraction of sp³-hybridized carbons (Fsp3) is 0.538. The number of ether oxygens (including phenoxy) is 2. The molecule has 98 valence electrons. The number of hydrogen-bond donors (Lipinski definition) is 1. The Labute approximate surface area is 108 Å². The first-order valence-electron chi connectivity index (χ1n) is 6.03. The molecule has 0 atom stereocenters. The van der Waals surface area contributed by atoms with Crippen molar-refractivity contribution in [1.29, 1.82) is 5.26 Å². The van der Waals surface area contributed by atoms with Gasteiger partial charge in [0.15, 0.2) is 0 Å². The minimum absolute atomic E-state index is 0.621. The van der Waals surface area contributed by atoms with E-state index in [1.54, 1.807) is 25.4 Å². The normalized spacial score (nSPS) is 10.0. The molecule has 0 aliphatic heterocycles. The Morgan fingerprint density at radius 1 is 1.33 bits per heavy atom. The number of nitrogens with one attached hydrogen (secondary N) is 1. The molecule has 1 heterocycles. The van der Waals surface area contributed by atoms with Gasteiger partial charge in [-0.2, -0.15) is 5.26 Å². The van der Waals surface area contributed by atoms with Gasteiger partial charge in [0.1, 0.15) is 5.82 Å². The van der Waals surface area contributed by atoms with Crippen LogP contribution in [0.2, 0.25) is 0 Å². The minimum Gasteiger partial charge on any atom is -0.382 e. The van der Waals surface area contributed by atoms with Crippen LogP contribution in [-0.2, 0) is 9.47 Å². The number of aromatic nitrogens is 1. The molecule has 0 spiro atoms. The topological polar surface area (TPSA) is 67.2 Å². The smallest absolute Gasteiger partial charge is 0.127 e. The van der Waals surface area contributed by atoms with Crippen LogP contribution in [0.25, 0.3) is 0 Å². The van der Waals surface area contributed by atoms with E-state index >= 15 is 0 Å². The number of methoxy groups -OCH3 is 1. The summed E-state index contributed by atoms with van der Waals surface area (Å²) < 4.78 is 10.2. The molecule has 0 radical (unpaired) electrons. The molecule has 0 saturated carbocycles. The molecule has 1 rings (SSSR count). The van der Waals surface area contributed by atoms with E-state index in [9.17, 15) is 0 Å². The van der Waals surface area contributed by atoms with E-state index in [1.165, 1.54) is 0 Å². The molecule has 0 aliphatic rings. The largest absolute Gasteiger partial charge is 0.382 e. The first kappa shape index (κ1) is 14.4. The number of hydrogen-bond acceptors (Lipinski definition) is 5. The van der Waals surface area contributed by atoms with Crippen LogP contribution in [0.4, 0.5) is 5.82 Å². The van der Waals surface area contributed by atoms with Crippen molar-refractivity contribution in [2.75, 3.05) is 38.8 Å². The highest BCUT2D eigenvalue weighted by Crippen LogP contribution is 2.05. The van der Waals surface area contributed by atoms with E-state index in [0.29, 0.717) is 18.8 Å². The van der Waals surface area contributed by atoms with Crippen molar-refractivity contribution in [3.8, 4) is 6.07 Å². The van der Waals surface area contributed by atoms with Crippen molar-refractivity contribution in [2.45, 2.75) is 12.8 Å². The zero-order chi connectivity index (χ0) is 13.1. The maximum Gasteiger partial charge on any atom is 0.127 e. The Morgan fingerprint density at radius 2 is 2.22 bits per heavy atom. The Balaban J connectivity index is 2.05. The number of unbranched alkanes of at least 4 members (excludes halogenated alkanes) is 1. The van der Waals surface area contributed by atoms with Crippen LogP contribution in [0.5, 0.6) is 0 Å². The highest BCUT2D eigenvalue weighted by molar-refractivity contribution is 5.42. The molecule has 0 bridgehead atoms. The van der Waals surface area contributed by atoms with E-state index in [4.69, 9.17) is 14.7 Å². The molecule has 1 aromatic heterocycles. The Bertz CT molecular complexity index is 377. The molecule has 0 unspecified atom stereocenters. The first-order chi connectivity index (χ1) is 8.86. The number of anilines is 1. The molecule has 0 amide bonds. The van der Waals surface area contributed by atoms with Crippen LogP contribution in [0.15, 0.2) is 18.3 Å². The standard InChI is InChI=1S/C13H19N3O2/c1-17-8-9-18-7-3-2-5-15-13-10-12(11-14)4-6-16-13/h4,6,10H,2-3,5,7-9H2,1H3,(H,15,16). The maximum atomic E-state index is 8.74. The number of rotatable bonds is 9. The van der Waals surface area contributed by atoms with E-state index in [0.717, 1.165) is 31.8 Å². The molecule has 5 heteroatoms. The van der Waals surface area contributed by atoms with Gasteiger partial charge in [-0.15, -0.1) is 0 Å². The lowest BCUT2D eigenvalue weighted by Gasteiger charge is -2.06. The van der Waals surface area contributed by atoms with Crippen LogP contribution in [0, 0.1) is 11.3 Å². The molecule has 1 aromatic rings. The van der Waals surface area contributed by atoms with Gasteiger partial charge in [-0.05, 0) is 25.0 Å². The van der Waals surface area contributed by atoms with Gasteiger partial charge in [-0.3, -0.25) is 0 Å². The lowest BCUT2D eigenvalue weighted by atomic mass is 10.3. The van der Waals surface area contributed by atoms with Crippen molar-refractivity contribution in [3.05, 3.63) is 23.9 Å². The third-order valence-corrected chi connectivity index (χ3v) is 2.34. The van der Waals surface area contributed by atoms with Gasteiger partial charge in [0.05, 0.1) is 24.8 Å². The van der Waals surface area contributed by atoms with Crippen LogP contribution in [0.3, 0.4) is 0 Å². The Kier molecular flexibility index (Phi) is 7.53. The molecule has 0 aromatic carbocycles. The van der Waals surface area contributed by atoms with Gasteiger partial charge in [0.2, 0.25) is 0 Å². The average molecular weight is 249 g/mol. The monoisotopic (exact) mass is 249 g/mol. The van der Waals surface area contributed by atoms with E-state index in [2.05, 4.69) is 16.4 Å². The van der Waals surface area contributed by atoms with Crippen molar-refractivity contribution in [2.24, 2.45) is 0 Å². The Morgan fingerprint density at radius 3 is 3.00 bits per heavy atom. The fourth-order valence-corrected chi connectivity index (χ4v) is 1.39. The molecule has 1 N–H and O–H groups in total. The summed E-state index contributed by atoms with van der Waals surface area (Å²) in [6.07, 6.45) is 3.63. The quantitative estimate of drug-likeness (QED) is 0.676. The highest BCUT2D eigenvalue weighted by Gasteiger charge is 1.96. The maximum absolute atomic E-state index is 8.74. The zero-order valence-electron chi connectivity index (χ0n) is 10.7. The summed E-state index contributed by atoms with van der Waals surface area (Å²) in [5.41, 5.74) is 0.621.